The minimum absolute atomic E-state index is 0.154. The average Bonchev–Trinajstić information content (AvgIpc) is 3.13. The Bertz CT molecular complexity index is 1310. The molecule has 5 aromatic rings. The highest BCUT2D eigenvalue weighted by Crippen LogP contribution is 2.28. The van der Waals surface area contributed by atoms with E-state index in [2.05, 4.69) is 26.3 Å². The molecule has 0 saturated carbocycles. The van der Waals surface area contributed by atoms with E-state index in [9.17, 15) is 4.79 Å². The number of aromatic nitrogens is 3. The molecule has 134 valence electrons. The Kier molecular flexibility index (Phi) is 3.84. The molecule has 0 aliphatic heterocycles. The lowest BCUT2D eigenvalue weighted by molar-refractivity contribution is 0.102. The number of para-hydroxylation sites is 2. The molecule has 5 rings (SSSR count). The van der Waals surface area contributed by atoms with E-state index < -0.39 is 0 Å². The molecule has 2 N–H and O–H groups in total. The molecule has 28 heavy (non-hydrogen) atoms. The van der Waals surface area contributed by atoms with Crippen molar-refractivity contribution < 1.29 is 4.79 Å². The number of nitrogens with zero attached hydrogens (tertiary/aromatic N) is 2. The molecule has 2 heterocycles. The molecule has 0 fully saturated rings. The summed E-state index contributed by atoms with van der Waals surface area (Å²) in [5, 5.41) is 5.15. The standard InChI is InChI=1S/C23H16N4O/c28-23(26-17-6-3-5-15(11-17)16-12-24-14-25-13-16)20-9-4-8-19-18-7-1-2-10-21(18)27-22(19)20/h1-14,27H,(H,26,28). The van der Waals surface area contributed by atoms with E-state index >= 15 is 0 Å². The second kappa shape index (κ2) is 6.63. The molecule has 0 aliphatic carbocycles. The number of carbonyl (C=O) groups is 1. The molecule has 0 spiro atoms. The average molecular weight is 364 g/mol. The Labute approximate surface area is 161 Å². The SMILES string of the molecule is O=C(Nc1cccc(-c2cncnc2)c1)c1cccc2c1[nH]c1ccccc12. The first kappa shape index (κ1) is 16.2. The van der Waals surface area contributed by atoms with E-state index in [-0.39, 0.29) is 5.91 Å². The van der Waals surface area contributed by atoms with Gasteiger partial charge in [0.15, 0.2) is 0 Å². The van der Waals surface area contributed by atoms with Crippen LogP contribution in [0.2, 0.25) is 0 Å². The van der Waals surface area contributed by atoms with Gasteiger partial charge in [-0.3, -0.25) is 4.79 Å². The normalized spacial score (nSPS) is 11.0. The van der Waals surface area contributed by atoms with Gasteiger partial charge < -0.3 is 10.3 Å². The summed E-state index contributed by atoms with van der Waals surface area (Å²) >= 11 is 0. The van der Waals surface area contributed by atoms with Gasteiger partial charge >= 0.3 is 0 Å². The van der Waals surface area contributed by atoms with Crippen LogP contribution in [0.4, 0.5) is 5.69 Å². The number of H-pyrrole nitrogens is 1. The van der Waals surface area contributed by atoms with Gasteiger partial charge in [0.25, 0.3) is 5.91 Å². The van der Waals surface area contributed by atoms with Gasteiger partial charge in [-0.1, -0.05) is 42.5 Å². The number of fused-ring (bicyclic) bond motifs is 3. The third-order valence-corrected chi connectivity index (χ3v) is 4.80. The summed E-state index contributed by atoms with van der Waals surface area (Å²) in [7, 11) is 0. The van der Waals surface area contributed by atoms with Crippen molar-refractivity contribution >= 4 is 33.4 Å². The highest BCUT2D eigenvalue weighted by molar-refractivity contribution is 6.17. The van der Waals surface area contributed by atoms with Gasteiger partial charge in [-0.15, -0.1) is 0 Å². The third-order valence-electron chi connectivity index (χ3n) is 4.80. The summed E-state index contributed by atoms with van der Waals surface area (Å²) in [4.78, 5) is 24.5. The topological polar surface area (TPSA) is 70.7 Å². The Morgan fingerprint density at radius 2 is 1.61 bits per heavy atom. The lowest BCUT2D eigenvalue weighted by Gasteiger charge is -2.08. The van der Waals surface area contributed by atoms with Crippen LogP contribution >= 0.6 is 0 Å². The fourth-order valence-electron chi connectivity index (χ4n) is 3.49. The fourth-order valence-corrected chi connectivity index (χ4v) is 3.49. The zero-order valence-electron chi connectivity index (χ0n) is 14.9. The molecule has 5 nitrogen and oxygen atoms in total. The Morgan fingerprint density at radius 3 is 2.50 bits per heavy atom. The van der Waals surface area contributed by atoms with Gasteiger partial charge in [0.05, 0.1) is 11.1 Å². The number of carbonyl (C=O) groups excluding carboxylic acids is 1. The van der Waals surface area contributed by atoms with Crippen LogP contribution in [-0.4, -0.2) is 20.9 Å². The van der Waals surface area contributed by atoms with E-state index in [0.717, 1.165) is 38.6 Å². The first-order valence-corrected chi connectivity index (χ1v) is 8.96. The third kappa shape index (κ3) is 2.79. The molecule has 0 aliphatic rings. The summed E-state index contributed by atoms with van der Waals surface area (Å²) in [6.45, 7) is 0. The minimum atomic E-state index is -0.154. The molecule has 0 saturated heterocycles. The van der Waals surface area contributed by atoms with Crippen molar-refractivity contribution in [2.45, 2.75) is 0 Å². The van der Waals surface area contributed by atoms with Crippen LogP contribution in [0.25, 0.3) is 32.9 Å². The number of hydrogen-bond donors (Lipinski definition) is 2. The molecule has 0 atom stereocenters. The maximum atomic E-state index is 13.0. The van der Waals surface area contributed by atoms with Crippen molar-refractivity contribution in [3.63, 3.8) is 0 Å². The number of aromatic amines is 1. The summed E-state index contributed by atoms with van der Waals surface area (Å²) in [5.74, 6) is -0.154. The summed E-state index contributed by atoms with van der Waals surface area (Å²) in [6, 6.07) is 21.5. The highest BCUT2D eigenvalue weighted by atomic mass is 16.1. The van der Waals surface area contributed by atoms with Crippen molar-refractivity contribution in [1.29, 1.82) is 0 Å². The molecular weight excluding hydrogens is 348 g/mol. The predicted octanol–water partition coefficient (Wildman–Crippen LogP) is 5.03. The quantitative estimate of drug-likeness (QED) is 0.472. The Balaban J connectivity index is 1.51. The van der Waals surface area contributed by atoms with Crippen LogP contribution in [0.5, 0.6) is 0 Å². The largest absolute Gasteiger partial charge is 0.354 e. The van der Waals surface area contributed by atoms with E-state index in [4.69, 9.17) is 0 Å². The van der Waals surface area contributed by atoms with E-state index in [1.165, 1.54) is 6.33 Å². The number of hydrogen-bond acceptors (Lipinski definition) is 3. The smallest absolute Gasteiger partial charge is 0.257 e. The molecule has 5 heteroatoms. The summed E-state index contributed by atoms with van der Waals surface area (Å²) in [5.41, 5.74) is 5.04. The molecule has 3 aromatic carbocycles. The fraction of sp³-hybridized carbons (Fsp3) is 0. The maximum absolute atomic E-state index is 13.0. The number of nitrogens with one attached hydrogen (secondary N) is 2. The van der Waals surface area contributed by atoms with Crippen LogP contribution in [0, 0.1) is 0 Å². The van der Waals surface area contributed by atoms with Gasteiger partial charge in [0.2, 0.25) is 0 Å². The van der Waals surface area contributed by atoms with Crippen molar-refractivity contribution in [2.24, 2.45) is 0 Å². The van der Waals surface area contributed by atoms with Crippen LogP contribution in [0.3, 0.4) is 0 Å². The van der Waals surface area contributed by atoms with Crippen LogP contribution < -0.4 is 5.32 Å². The second-order valence-electron chi connectivity index (χ2n) is 6.56. The molecule has 0 radical (unpaired) electrons. The van der Waals surface area contributed by atoms with Crippen molar-refractivity contribution in [3.05, 3.63) is 91.0 Å². The molecule has 0 bridgehead atoms. The van der Waals surface area contributed by atoms with Gasteiger partial charge in [-0.2, -0.15) is 0 Å². The number of benzene rings is 3. The second-order valence-corrected chi connectivity index (χ2v) is 6.56. The van der Waals surface area contributed by atoms with Crippen LogP contribution in [0.15, 0.2) is 85.5 Å². The lowest BCUT2D eigenvalue weighted by atomic mass is 10.1. The number of anilines is 1. The Hall–Kier alpha value is -3.99. The number of rotatable bonds is 3. The van der Waals surface area contributed by atoms with E-state index in [1.54, 1.807) is 12.4 Å². The maximum Gasteiger partial charge on any atom is 0.257 e. The summed E-state index contributed by atoms with van der Waals surface area (Å²) in [6.07, 6.45) is 4.99. The van der Waals surface area contributed by atoms with Crippen molar-refractivity contribution in [2.75, 3.05) is 5.32 Å². The minimum Gasteiger partial charge on any atom is -0.354 e. The molecule has 1 amide bonds. The van der Waals surface area contributed by atoms with Gasteiger partial charge in [0.1, 0.15) is 6.33 Å². The first-order valence-electron chi connectivity index (χ1n) is 8.96. The Morgan fingerprint density at radius 1 is 0.821 bits per heavy atom. The lowest BCUT2D eigenvalue weighted by Crippen LogP contribution is -2.12. The van der Waals surface area contributed by atoms with E-state index in [1.807, 2.05) is 60.7 Å². The summed E-state index contributed by atoms with van der Waals surface area (Å²) < 4.78 is 0. The molecular formula is C23H16N4O. The van der Waals surface area contributed by atoms with Crippen LogP contribution in [0.1, 0.15) is 10.4 Å². The highest BCUT2D eigenvalue weighted by Gasteiger charge is 2.14. The monoisotopic (exact) mass is 364 g/mol. The molecule has 0 unspecified atom stereocenters. The zero-order chi connectivity index (χ0) is 18.9. The van der Waals surface area contributed by atoms with Gasteiger partial charge in [-0.05, 0) is 29.8 Å². The van der Waals surface area contributed by atoms with E-state index in [0.29, 0.717) is 5.56 Å². The zero-order valence-corrected chi connectivity index (χ0v) is 14.9. The van der Waals surface area contributed by atoms with Gasteiger partial charge in [-0.25, -0.2) is 9.97 Å². The predicted molar refractivity (Wildman–Crippen MR) is 111 cm³/mol. The first-order chi connectivity index (χ1) is 13.8. The van der Waals surface area contributed by atoms with Crippen molar-refractivity contribution in [1.82, 2.24) is 15.0 Å². The van der Waals surface area contributed by atoms with Gasteiger partial charge in [0, 0.05) is 39.9 Å². The van der Waals surface area contributed by atoms with Crippen LogP contribution in [-0.2, 0) is 0 Å². The number of amides is 1. The van der Waals surface area contributed by atoms with Crippen molar-refractivity contribution in [3.8, 4) is 11.1 Å². The molecule has 2 aromatic heterocycles.